The standard InChI is InChI=1S/C30H54O2S2/c1-23-15-17-25(27(31)21-23)29(3,4)33-19-13-11-9-7-8-10-12-14-20-34-30(5,6)26-18-16-24(2)22-28(26)32/h23-26H,7-22H2,1-6H3/t23-,24-,25?,26?/m1/s1. The number of ketones is 2. The fourth-order valence-electron chi connectivity index (χ4n) is 6.01. The molecular formula is C30H54O2S2. The Morgan fingerprint density at radius 1 is 0.588 bits per heavy atom. The highest BCUT2D eigenvalue weighted by Crippen LogP contribution is 2.42. The van der Waals surface area contributed by atoms with Gasteiger partial charge in [0.05, 0.1) is 0 Å². The third-order valence-electron chi connectivity index (χ3n) is 8.44. The minimum atomic E-state index is 0.104. The number of rotatable bonds is 15. The molecule has 0 N–H and O–H groups in total. The lowest BCUT2D eigenvalue weighted by Gasteiger charge is -2.37. The lowest BCUT2D eigenvalue weighted by molar-refractivity contribution is -0.127. The van der Waals surface area contributed by atoms with Gasteiger partial charge in [0.15, 0.2) is 0 Å². The highest BCUT2D eigenvalue weighted by atomic mass is 32.2. The molecule has 2 unspecified atom stereocenters. The summed E-state index contributed by atoms with van der Waals surface area (Å²) in [7, 11) is 0. The molecule has 0 aromatic rings. The van der Waals surface area contributed by atoms with Gasteiger partial charge in [0, 0.05) is 34.2 Å². The molecule has 2 saturated carbocycles. The van der Waals surface area contributed by atoms with Gasteiger partial charge in [-0.3, -0.25) is 9.59 Å². The summed E-state index contributed by atoms with van der Waals surface area (Å²) in [6, 6.07) is 0. The van der Waals surface area contributed by atoms with Crippen LogP contribution in [0.4, 0.5) is 0 Å². The molecule has 0 aromatic heterocycles. The summed E-state index contributed by atoms with van der Waals surface area (Å²) in [6.45, 7) is 13.6. The van der Waals surface area contributed by atoms with Crippen LogP contribution in [0.3, 0.4) is 0 Å². The summed E-state index contributed by atoms with van der Waals surface area (Å²) in [4.78, 5) is 24.9. The number of Topliss-reactive ketones (excluding diaryl/α,β-unsaturated/α-hetero) is 2. The van der Waals surface area contributed by atoms with Gasteiger partial charge in [0.1, 0.15) is 11.6 Å². The molecule has 0 spiro atoms. The first-order valence-corrected chi connectivity index (χ1v) is 16.3. The average Bonchev–Trinajstić information content (AvgIpc) is 2.73. The maximum atomic E-state index is 12.5. The molecule has 0 saturated heterocycles. The van der Waals surface area contributed by atoms with Gasteiger partial charge in [-0.15, -0.1) is 0 Å². The van der Waals surface area contributed by atoms with Gasteiger partial charge < -0.3 is 0 Å². The third kappa shape index (κ3) is 10.2. The van der Waals surface area contributed by atoms with E-state index in [0.29, 0.717) is 23.4 Å². The summed E-state index contributed by atoms with van der Waals surface area (Å²) >= 11 is 4.07. The zero-order valence-electron chi connectivity index (χ0n) is 23.3. The second-order valence-electron chi connectivity index (χ2n) is 12.5. The number of hydrogen-bond donors (Lipinski definition) is 0. The summed E-state index contributed by atoms with van der Waals surface area (Å²) in [5.41, 5.74) is 0. The first-order chi connectivity index (χ1) is 16.0. The molecule has 0 aliphatic heterocycles. The van der Waals surface area contributed by atoms with Gasteiger partial charge in [-0.25, -0.2) is 0 Å². The Hall–Kier alpha value is 0.0400. The normalized spacial score (nSPS) is 26.8. The zero-order valence-corrected chi connectivity index (χ0v) is 24.9. The molecule has 34 heavy (non-hydrogen) atoms. The first-order valence-electron chi connectivity index (χ1n) is 14.4. The Labute approximate surface area is 220 Å². The van der Waals surface area contributed by atoms with Crippen molar-refractivity contribution in [3.8, 4) is 0 Å². The van der Waals surface area contributed by atoms with Crippen molar-refractivity contribution in [2.45, 2.75) is 141 Å². The number of hydrogen-bond acceptors (Lipinski definition) is 4. The first kappa shape index (κ1) is 30.3. The Kier molecular flexibility index (Phi) is 13.1. The fraction of sp³-hybridized carbons (Fsp3) is 0.933. The van der Waals surface area contributed by atoms with E-state index in [1.807, 2.05) is 23.5 Å². The van der Waals surface area contributed by atoms with Crippen LogP contribution in [0.2, 0.25) is 0 Å². The molecule has 4 heteroatoms. The minimum absolute atomic E-state index is 0.104. The molecule has 2 aliphatic rings. The van der Waals surface area contributed by atoms with Crippen molar-refractivity contribution >= 4 is 35.1 Å². The predicted octanol–water partition coefficient (Wildman–Crippen LogP) is 9.14. The summed E-state index contributed by atoms with van der Waals surface area (Å²) in [5, 5.41) is 0. The molecule has 2 nitrogen and oxygen atoms in total. The lowest BCUT2D eigenvalue weighted by Crippen LogP contribution is -2.38. The van der Waals surface area contributed by atoms with E-state index in [-0.39, 0.29) is 21.3 Å². The second-order valence-corrected chi connectivity index (χ2v) is 16.0. The zero-order chi connectivity index (χ0) is 25.2. The molecule has 0 radical (unpaired) electrons. The maximum absolute atomic E-state index is 12.5. The fourth-order valence-corrected chi connectivity index (χ4v) is 8.66. The van der Waals surface area contributed by atoms with Crippen LogP contribution in [0.5, 0.6) is 0 Å². The highest BCUT2D eigenvalue weighted by molar-refractivity contribution is 8.00. The molecular weight excluding hydrogens is 456 g/mol. The van der Waals surface area contributed by atoms with Crippen LogP contribution < -0.4 is 0 Å². The van der Waals surface area contributed by atoms with Crippen LogP contribution in [-0.4, -0.2) is 32.6 Å². The van der Waals surface area contributed by atoms with E-state index >= 15 is 0 Å². The summed E-state index contributed by atoms with van der Waals surface area (Å²) in [6.07, 6.45) is 16.9. The molecule has 0 bridgehead atoms. The summed E-state index contributed by atoms with van der Waals surface area (Å²) < 4.78 is 0.207. The van der Waals surface area contributed by atoms with Crippen molar-refractivity contribution < 1.29 is 9.59 Å². The molecule has 2 aliphatic carbocycles. The van der Waals surface area contributed by atoms with Gasteiger partial charge in [0.25, 0.3) is 0 Å². The topological polar surface area (TPSA) is 34.1 Å². The molecule has 2 fully saturated rings. The Morgan fingerprint density at radius 3 is 1.24 bits per heavy atom. The number of thioether (sulfide) groups is 2. The molecule has 0 aromatic carbocycles. The monoisotopic (exact) mass is 510 g/mol. The van der Waals surface area contributed by atoms with E-state index in [1.54, 1.807) is 0 Å². The highest BCUT2D eigenvalue weighted by Gasteiger charge is 2.39. The van der Waals surface area contributed by atoms with E-state index in [4.69, 9.17) is 0 Å². The quantitative estimate of drug-likeness (QED) is 0.206. The predicted molar refractivity (Wildman–Crippen MR) is 153 cm³/mol. The van der Waals surface area contributed by atoms with E-state index < -0.39 is 0 Å². The Morgan fingerprint density at radius 2 is 0.912 bits per heavy atom. The van der Waals surface area contributed by atoms with Gasteiger partial charge >= 0.3 is 0 Å². The van der Waals surface area contributed by atoms with E-state index in [2.05, 4.69) is 41.5 Å². The number of carbonyl (C=O) groups is 2. The smallest absolute Gasteiger partial charge is 0.137 e. The van der Waals surface area contributed by atoms with Crippen LogP contribution in [0, 0.1) is 23.7 Å². The van der Waals surface area contributed by atoms with Gasteiger partial charge in [-0.1, -0.05) is 52.4 Å². The van der Waals surface area contributed by atoms with Crippen LogP contribution in [-0.2, 0) is 9.59 Å². The van der Waals surface area contributed by atoms with Crippen LogP contribution >= 0.6 is 23.5 Å². The van der Waals surface area contributed by atoms with E-state index in [9.17, 15) is 9.59 Å². The second kappa shape index (κ2) is 14.7. The molecule has 4 atom stereocenters. The SMILES string of the molecule is C[C@@H]1CCC(C(C)(C)SCCCCCCCCCCSC(C)(C)C2CC[C@@H](C)CC2=O)C(=O)C1. The van der Waals surface area contributed by atoms with E-state index in [0.717, 1.165) is 25.7 Å². The van der Waals surface area contributed by atoms with Crippen molar-refractivity contribution in [1.82, 2.24) is 0 Å². The van der Waals surface area contributed by atoms with Gasteiger partial charge in [-0.05, 0) is 89.6 Å². The van der Waals surface area contributed by atoms with Crippen molar-refractivity contribution in [2.75, 3.05) is 11.5 Å². The van der Waals surface area contributed by atoms with E-state index in [1.165, 1.54) is 75.7 Å². The number of carbonyl (C=O) groups excluding carboxylic acids is 2. The van der Waals surface area contributed by atoms with Gasteiger partial charge in [0.2, 0.25) is 0 Å². The van der Waals surface area contributed by atoms with Crippen molar-refractivity contribution in [2.24, 2.45) is 23.7 Å². The largest absolute Gasteiger partial charge is 0.299 e. The summed E-state index contributed by atoms with van der Waals surface area (Å²) in [5.74, 6) is 5.13. The van der Waals surface area contributed by atoms with Crippen LogP contribution in [0.1, 0.15) is 131 Å². The molecule has 0 amide bonds. The van der Waals surface area contributed by atoms with Crippen molar-refractivity contribution in [1.29, 1.82) is 0 Å². The Balaban J connectivity index is 1.44. The average molecular weight is 511 g/mol. The molecule has 198 valence electrons. The number of unbranched alkanes of at least 4 members (excludes halogenated alkanes) is 7. The van der Waals surface area contributed by atoms with Crippen LogP contribution in [0.25, 0.3) is 0 Å². The van der Waals surface area contributed by atoms with Crippen molar-refractivity contribution in [3.05, 3.63) is 0 Å². The Bertz CT molecular complexity index is 573. The van der Waals surface area contributed by atoms with Crippen molar-refractivity contribution in [3.63, 3.8) is 0 Å². The maximum Gasteiger partial charge on any atom is 0.137 e. The molecule has 2 rings (SSSR count). The van der Waals surface area contributed by atoms with Gasteiger partial charge in [-0.2, -0.15) is 23.5 Å². The van der Waals surface area contributed by atoms with Crippen LogP contribution in [0.15, 0.2) is 0 Å². The third-order valence-corrected chi connectivity index (χ3v) is 11.5. The minimum Gasteiger partial charge on any atom is -0.299 e. The molecule has 0 heterocycles. The lowest BCUT2D eigenvalue weighted by atomic mass is 9.76.